The number of nitrogens with one attached hydrogen (secondary N) is 2. The van der Waals surface area contributed by atoms with Crippen LogP contribution in [0.5, 0.6) is 5.75 Å². The van der Waals surface area contributed by atoms with Crippen LogP contribution in [0.15, 0.2) is 48.5 Å². The number of carbonyl (C=O) groups excluding carboxylic acids is 3. The van der Waals surface area contributed by atoms with Crippen molar-refractivity contribution in [2.24, 2.45) is 0 Å². The van der Waals surface area contributed by atoms with Crippen molar-refractivity contribution in [2.75, 3.05) is 17.7 Å². The van der Waals surface area contributed by atoms with Gasteiger partial charge in [-0.3, -0.25) is 9.59 Å². The summed E-state index contributed by atoms with van der Waals surface area (Å²) >= 11 is 0. The number of hydrogen-bond donors (Lipinski definition) is 2. The summed E-state index contributed by atoms with van der Waals surface area (Å²) in [6.07, 6.45) is -0.983. The fourth-order valence-electron chi connectivity index (χ4n) is 2.12. The quantitative estimate of drug-likeness (QED) is 0.776. The molecule has 0 fully saturated rings. The lowest BCUT2D eigenvalue weighted by Gasteiger charge is -2.14. The fourth-order valence-corrected chi connectivity index (χ4v) is 2.12. The van der Waals surface area contributed by atoms with Gasteiger partial charge in [-0.15, -0.1) is 0 Å². The first-order chi connectivity index (χ1) is 12.4. The highest BCUT2D eigenvalue weighted by molar-refractivity contribution is 5.97. The van der Waals surface area contributed by atoms with Crippen LogP contribution in [0.25, 0.3) is 0 Å². The Kier molecular flexibility index (Phi) is 6.32. The number of hydrogen-bond acceptors (Lipinski definition) is 5. The highest BCUT2D eigenvalue weighted by atomic mass is 16.5. The van der Waals surface area contributed by atoms with E-state index in [-0.39, 0.29) is 5.91 Å². The molecule has 0 bridgehead atoms. The SMILES string of the molecule is COc1cccc(C(=O)OC(C)C(=O)Nc2ccc(NC(C)=O)cc2)c1. The van der Waals surface area contributed by atoms with E-state index in [9.17, 15) is 14.4 Å². The van der Waals surface area contributed by atoms with E-state index >= 15 is 0 Å². The van der Waals surface area contributed by atoms with Crippen LogP contribution in [0.3, 0.4) is 0 Å². The van der Waals surface area contributed by atoms with Gasteiger partial charge in [0.15, 0.2) is 6.10 Å². The molecule has 1 unspecified atom stereocenters. The van der Waals surface area contributed by atoms with Crippen LogP contribution in [0.1, 0.15) is 24.2 Å². The van der Waals surface area contributed by atoms with E-state index in [1.165, 1.54) is 27.0 Å². The third kappa shape index (κ3) is 5.34. The molecular formula is C19H20N2O5. The second-order valence-corrected chi connectivity index (χ2v) is 5.53. The van der Waals surface area contributed by atoms with Crippen LogP contribution < -0.4 is 15.4 Å². The van der Waals surface area contributed by atoms with Crippen molar-refractivity contribution in [1.29, 1.82) is 0 Å². The van der Waals surface area contributed by atoms with E-state index in [4.69, 9.17) is 9.47 Å². The molecule has 7 nitrogen and oxygen atoms in total. The van der Waals surface area contributed by atoms with Crippen LogP contribution in [0.4, 0.5) is 11.4 Å². The minimum atomic E-state index is -0.983. The van der Waals surface area contributed by atoms with Crippen LogP contribution in [0.2, 0.25) is 0 Å². The van der Waals surface area contributed by atoms with E-state index in [0.717, 1.165) is 0 Å². The van der Waals surface area contributed by atoms with Crippen molar-refractivity contribution >= 4 is 29.2 Å². The van der Waals surface area contributed by atoms with E-state index < -0.39 is 18.0 Å². The van der Waals surface area contributed by atoms with Gasteiger partial charge in [0, 0.05) is 18.3 Å². The maximum atomic E-state index is 12.2. The molecule has 26 heavy (non-hydrogen) atoms. The molecule has 2 aromatic rings. The summed E-state index contributed by atoms with van der Waals surface area (Å²) in [5.41, 5.74) is 1.44. The second-order valence-electron chi connectivity index (χ2n) is 5.53. The standard InChI is InChI=1S/C19H20N2O5/c1-12(26-19(24)14-5-4-6-17(11-14)25-3)18(23)21-16-9-7-15(8-10-16)20-13(2)22/h4-12H,1-3H3,(H,20,22)(H,21,23). The summed E-state index contributed by atoms with van der Waals surface area (Å²) in [7, 11) is 1.50. The summed E-state index contributed by atoms with van der Waals surface area (Å²) < 4.78 is 10.2. The van der Waals surface area contributed by atoms with Crippen LogP contribution in [-0.2, 0) is 14.3 Å². The summed E-state index contributed by atoms with van der Waals surface area (Å²) in [5, 5.41) is 5.28. The lowest BCUT2D eigenvalue weighted by Crippen LogP contribution is -2.30. The summed E-state index contributed by atoms with van der Waals surface area (Å²) in [6.45, 7) is 2.90. The fraction of sp³-hybridized carbons (Fsp3) is 0.211. The lowest BCUT2D eigenvalue weighted by atomic mass is 10.2. The molecule has 0 aromatic heterocycles. The Morgan fingerprint density at radius 3 is 2.15 bits per heavy atom. The third-order valence-electron chi connectivity index (χ3n) is 3.43. The zero-order valence-corrected chi connectivity index (χ0v) is 14.7. The van der Waals surface area contributed by atoms with Gasteiger partial charge in [0.05, 0.1) is 12.7 Å². The van der Waals surface area contributed by atoms with Gasteiger partial charge in [-0.05, 0) is 49.4 Å². The molecule has 0 aliphatic carbocycles. The Hall–Kier alpha value is -3.35. The van der Waals surface area contributed by atoms with Gasteiger partial charge in [-0.1, -0.05) is 6.07 Å². The van der Waals surface area contributed by atoms with Crippen molar-refractivity contribution in [1.82, 2.24) is 0 Å². The molecule has 0 saturated carbocycles. The zero-order chi connectivity index (χ0) is 19.1. The first-order valence-electron chi connectivity index (χ1n) is 7.92. The summed E-state index contributed by atoms with van der Waals surface area (Å²) in [4.78, 5) is 35.3. The van der Waals surface area contributed by atoms with Crippen LogP contribution in [0, 0.1) is 0 Å². The number of amides is 2. The molecule has 2 rings (SSSR count). The Morgan fingerprint density at radius 1 is 0.962 bits per heavy atom. The summed E-state index contributed by atoms with van der Waals surface area (Å²) in [5.74, 6) is -0.739. The number of benzene rings is 2. The Balaban J connectivity index is 1.94. The van der Waals surface area contributed by atoms with E-state index in [0.29, 0.717) is 22.7 Å². The first kappa shape index (κ1) is 19.0. The number of methoxy groups -OCH3 is 1. The molecule has 0 spiro atoms. The minimum Gasteiger partial charge on any atom is -0.497 e. The van der Waals surface area contributed by atoms with Gasteiger partial charge >= 0.3 is 5.97 Å². The average Bonchev–Trinajstić information content (AvgIpc) is 2.62. The maximum Gasteiger partial charge on any atom is 0.339 e. The Morgan fingerprint density at radius 2 is 1.58 bits per heavy atom. The van der Waals surface area contributed by atoms with Crippen molar-refractivity contribution in [3.05, 3.63) is 54.1 Å². The molecule has 0 heterocycles. The smallest absolute Gasteiger partial charge is 0.339 e. The van der Waals surface area contributed by atoms with Crippen molar-refractivity contribution < 1.29 is 23.9 Å². The van der Waals surface area contributed by atoms with Gasteiger partial charge in [-0.25, -0.2) is 4.79 Å². The number of ether oxygens (including phenoxy) is 2. The monoisotopic (exact) mass is 356 g/mol. The molecule has 1 atom stereocenters. The molecule has 7 heteroatoms. The van der Waals surface area contributed by atoms with Gasteiger partial charge in [0.25, 0.3) is 5.91 Å². The molecule has 2 N–H and O–H groups in total. The maximum absolute atomic E-state index is 12.2. The summed E-state index contributed by atoms with van der Waals surface area (Å²) in [6, 6.07) is 13.1. The number of esters is 1. The van der Waals surface area contributed by atoms with Crippen molar-refractivity contribution in [3.63, 3.8) is 0 Å². The van der Waals surface area contributed by atoms with E-state index in [1.807, 2.05) is 0 Å². The molecule has 2 amide bonds. The third-order valence-corrected chi connectivity index (χ3v) is 3.43. The Bertz CT molecular complexity index is 802. The van der Waals surface area contributed by atoms with Gasteiger partial charge in [0.1, 0.15) is 5.75 Å². The first-order valence-corrected chi connectivity index (χ1v) is 7.92. The van der Waals surface area contributed by atoms with Crippen LogP contribution >= 0.6 is 0 Å². The number of anilines is 2. The van der Waals surface area contributed by atoms with Gasteiger partial charge in [-0.2, -0.15) is 0 Å². The highest BCUT2D eigenvalue weighted by Gasteiger charge is 2.19. The van der Waals surface area contributed by atoms with Crippen molar-refractivity contribution in [3.8, 4) is 5.75 Å². The van der Waals surface area contributed by atoms with Gasteiger partial charge < -0.3 is 20.1 Å². The Labute approximate surface area is 151 Å². The molecule has 0 saturated heterocycles. The normalized spacial score (nSPS) is 11.2. The molecular weight excluding hydrogens is 336 g/mol. The lowest BCUT2D eigenvalue weighted by molar-refractivity contribution is -0.123. The molecule has 2 aromatic carbocycles. The zero-order valence-electron chi connectivity index (χ0n) is 14.7. The van der Waals surface area contributed by atoms with E-state index in [1.54, 1.807) is 42.5 Å². The predicted octanol–water partition coefficient (Wildman–Crippen LogP) is 2.84. The minimum absolute atomic E-state index is 0.181. The van der Waals surface area contributed by atoms with Crippen LogP contribution in [-0.4, -0.2) is 31.0 Å². The predicted molar refractivity (Wildman–Crippen MR) is 97.2 cm³/mol. The van der Waals surface area contributed by atoms with Gasteiger partial charge in [0.2, 0.25) is 5.91 Å². The highest BCUT2D eigenvalue weighted by Crippen LogP contribution is 2.16. The topological polar surface area (TPSA) is 93.7 Å². The molecule has 0 aliphatic heterocycles. The molecule has 0 aliphatic rings. The number of carbonyl (C=O) groups is 3. The molecule has 136 valence electrons. The number of rotatable bonds is 6. The largest absolute Gasteiger partial charge is 0.497 e. The second kappa shape index (κ2) is 8.66. The average molecular weight is 356 g/mol. The molecule has 0 radical (unpaired) electrons. The van der Waals surface area contributed by atoms with Crippen molar-refractivity contribution in [2.45, 2.75) is 20.0 Å². The van der Waals surface area contributed by atoms with E-state index in [2.05, 4.69) is 10.6 Å².